The number of nitrogens with zero attached hydrogens (tertiary/aromatic N) is 3. The lowest BCUT2D eigenvalue weighted by atomic mass is 10.1. The van der Waals surface area contributed by atoms with Gasteiger partial charge in [-0.1, -0.05) is 30.7 Å². The van der Waals surface area contributed by atoms with Crippen LogP contribution in [0.2, 0.25) is 5.15 Å². The number of carbonyl (C=O) groups excluding carboxylic acids is 1. The third kappa shape index (κ3) is 5.13. The van der Waals surface area contributed by atoms with Gasteiger partial charge in [0.1, 0.15) is 5.15 Å². The zero-order valence-electron chi connectivity index (χ0n) is 19.4. The minimum absolute atomic E-state index is 0.152. The molecule has 4 aromatic rings. The lowest BCUT2D eigenvalue weighted by Crippen LogP contribution is -2.30. The number of methoxy groups -OCH3 is 2. The van der Waals surface area contributed by atoms with E-state index in [2.05, 4.69) is 29.0 Å². The standard InChI is InChI=1S/C27H26ClN3O3/c1-4-18-7-9-23-21(12-18)14-22(26(28)30-23)17-31(27(32)20-6-5-11-29-15-20)16-19-8-10-24(33-2)25(13-19)34-3/h5-15H,4,16-17H2,1-3H3. The Morgan fingerprint density at radius 1 is 0.971 bits per heavy atom. The number of benzene rings is 2. The van der Waals surface area contributed by atoms with Crippen molar-refractivity contribution in [1.82, 2.24) is 14.9 Å². The molecule has 0 fully saturated rings. The molecule has 0 aliphatic heterocycles. The van der Waals surface area contributed by atoms with Gasteiger partial charge in [-0.05, 0) is 60.0 Å². The van der Waals surface area contributed by atoms with Crippen molar-refractivity contribution in [1.29, 1.82) is 0 Å². The molecule has 4 rings (SSSR count). The van der Waals surface area contributed by atoms with Crippen LogP contribution in [0.1, 0.15) is 34.0 Å². The second kappa shape index (κ2) is 10.5. The van der Waals surface area contributed by atoms with Crippen molar-refractivity contribution in [3.63, 3.8) is 0 Å². The fraction of sp³-hybridized carbons (Fsp3) is 0.222. The molecule has 0 spiro atoms. The number of pyridine rings is 2. The van der Waals surface area contributed by atoms with Gasteiger partial charge in [-0.15, -0.1) is 0 Å². The van der Waals surface area contributed by atoms with E-state index in [-0.39, 0.29) is 5.91 Å². The van der Waals surface area contributed by atoms with E-state index >= 15 is 0 Å². The molecule has 7 heteroatoms. The Balaban J connectivity index is 1.71. The topological polar surface area (TPSA) is 64.6 Å². The summed E-state index contributed by atoms with van der Waals surface area (Å²) in [5.74, 6) is 1.08. The predicted octanol–water partition coefficient (Wildman–Crippen LogP) is 5.71. The highest BCUT2D eigenvalue weighted by Crippen LogP contribution is 2.29. The lowest BCUT2D eigenvalue weighted by molar-refractivity contribution is 0.0729. The van der Waals surface area contributed by atoms with Gasteiger partial charge >= 0.3 is 0 Å². The lowest BCUT2D eigenvalue weighted by Gasteiger charge is -2.24. The molecule has 34 heavy (non-hydrogen) atoms. The third-order valence-corrected chi connectivity index (χ3v) is 6.02. The molecule has 174 valence electrons. The number of rotatable bonds is 8. The first-order valence-corrected chi connectivity index (χ1v) is 11.4. The van der Waals surface area contributed by atoms with Crippen molar-refractivity contribution in [3.8, 4) is 11.5 Å². The van der Waals surface area contributed by atoms with Crippen LogP contribution in [-0.2, 0) is 19.5 Å². The number of aromatic nitrogens is 2. The van der Waals surface area contributed by atoms with Crippen molar-refractivity contribution in [2.45, 2.75) is 26.4 Å². The summed E-state index contributed by atoms with van der Waals surface area (Å²) in [6.07, 6.45) is 4.14. The largest absolute Gasteiger partial charge is 0.493 e. The Hall–Kier alpha value is -3.64. The fourth-order valence-corrected chi connectivity index (χ4v) is 4.06. The summed E-state index contributed by atoms with van der Waals surface area (Å²) in [5.41, 5.74) is 4.22. The number of carbonyl (C=O) groups is 1. The van der Waals surface area contributed by atoms with Crippen LogP contribution < -0.4 is 9.47 Å². The maximum atomic E-state index is 13.5. The molecule has 0 bridgehead atoms. The van der Waals surface area contributed by atoms with Crippen LogP contribution >= 0.6 is 11.6 Å². The number of fused-ring (bicyclic) bond motifs is 1. The smallest absolute Gasteiger partial charge is 0.256 e. The molecule has 0 unspecified atom stereocenters. The minimum atomic E-state index is -0.152. The highest BCUT2D eigenvalue weighted by molar-refractivity contribution is 6.30. The molecule has 0 saturated heterocycles. The number of hydrogen-bond acceptors (Lipinski definition) is 5. The zero-order chi connectivity index (χ0) is 24.1. The van der Waals surface area contributed by atoms with E-state index in [1.807, 2.05) is 30.3 Å². The van der Waals surface area contributed by atoms with Crippen LogP contribution in [0.5, 0.6) is 11.5 Å². The van der Waals surface area contributed by atoms with Gasteiger partial charge in [0.2, 0.25) is 0 Å². The Bertz CT molecular complexity index is 1310. The summed E-state index contributed by atoms with van der Waals surface area (Å²) in [6, 6.07) is 17.3. The summed E-state index contributed by atoms with van der Waals surface area (Å²) in [6.45, 7) is 2.75. The first-order chi connectivity index (χ1) is 16.5. The molecule has 0 atom stereocenters. The SMILES string of the molecule is CCc1ccc2nc(Cl)c(CN(Cc3ccc(OC)c(OC)c3)C(=O)c3cccnc3)cc2c1. The van der Waals surface area contributed by atoms with Gasteiger partial charge in [-0.25, -0.2) is 4.98 Å². The average Bonchev–Trinajstić information content (AvgIpc) is 2.88. The first-order valence-electron chi connectivity index (χ1n) is 11.0. The van der Waals surface area contributed by atoms with Crippen molar-refractivity contribution in [2.75, 3.05) is 14.2 Å². The summed E-state index contributed by atoms with van der Waals surface area (Å²) in [4.78, 5) is 23.9. The van der Waals surface area contributed by atoms with E-state index in [9.17, 15) is 4.79 Å². The minimum Gasteiger partial charge on any atom is -0.493 e. The van der Waals surface area contributed by atoms with Gasteiger partial charge in [-0.3, -0.25) is 9.78 Å². The van der Waals surface area contributed by atoms with E-state index in [1.54, 1.807) is 43.6 Å². The Morgan fingerprint density at radius 3 is 2.47 bits per heavy atom. The predicted molar refractivity (Wildman–Crippen MR) is 133 cm³/mol. The Labute approximate surface area is 204 Å². The quantitative estimate of drug-likeness (QED) is 0.305. The molecule has 2 aromatic carbocycles. The number of halogens is 1. The second-order valence-electron chi connectivity index (χ2n) is 7.91. The van der Waals surface area contributed by atoms with Gasteiger partial charge in [-0.2, -0.15) is 0 Å². The van der Waals surface area contributed by atoms with Crippen LogP contribution in [-0.4, -0.2) is 35.0 Å². The van der Waals surface area contributed by atoms with Gasteiger partial charge in [0.25, 0.3) is 5.91 Å². The van der Waals surface area contributed by atoms with Crippen molar-refractivity contribution < 1.29 is 14.3 Å². The molecule has 0 N–H and O–H groups in total. The van der Waals surface area contributed by atoms with Crippen molar-refractivity contribution in [2.24, 2.45) is 0 Å². The molecule has 0 aliphatic rings. The van der Waals surface area contributed by atoms with E-state index in [0.29, 0.717) is 35.3 Å². The maximum absolute atomic E-state index is 13.5. The summed E-state index contributed by atoms with van der Waals surface area (Å²) < 4.78 is 10.8. The zero-order valence-corrected chi connectivity index (χ0v) is 20.2. The number of ether oxygens (including phenoxy) is 2. The highest BCUT2D eigenvalue weighted by Gasteiger charge is 2.20. The normalized spacial score (nSPS) is 10.8. The van der Waals surface area contributed by atoms with Gasteiger partial charge < -0.3 is 14.4 Å². The molecule has 0 radical (unpaired) electrons. The van der Waals surface area contributed by atoms with Gasteiger partial charge in [0, 0.05) is 36.4 Å². The van der Waals surface area contributed by atoms with E-state index < -0.39 is 0 Å². The van der Waals surface area contributed by atoms with Gasteiger partial charge in [0.15, 0.2) is 11.5 Å². The number of hydrogen-bond donors (Lipinski definition) is 0. The Morgan fingerprint density at radius 2 is 1.76 bits per heavy atom. The molecular weight excluding hydrogens is 450 g/mol. The molecule has 2 aromatic heterocycles. The fourth-order valence-electron chi connectivity index (χ4n) is 3.85. The molecular formula is C27H26ClN3O3. The van der Waals surface area contributed by atoms with Crippen LogP contribution in [0.3, 0.4) is 0 Å². The van der Waals surface area contributed by atoms with Gasteiger partial charge in [0.05, 0.1) is 25.3 Å². The molecule has 6 nitrogen and oxygen atoms in total. The van der Waals surface area contributed by atoms with Crippen molar-refractivity contribution in [3.05, 3.63) is 94.4 Å². The summed E-state index contributed by atoms with van der Waals surface area (Å²) in [7, 11) is 3.18. The highest BCUT2D eigenvalue weighted by atomic mass is 35.5. The third-order valence-electron chi connectivity index (χ3n) is 5.69. The molecule has 0 aliphatic carbocycles. The molecule has 0 saturated carbocycles. The van der Waals surface area contributed by atoms with Crippen molar-refractivity contribution >= 4 is 28.4 Å². The average molecular weight is 476 g/mol. The second-order valence-corrected chi connectivity index (χ2v) is 8.27. The van der Waals surface area contributed by atoms with E-state index in [1.165, 1.54) is 5.56 Å². The summed E-state index contributed by atoms with van der Waals surface area (Å²) >= 11 is 6.56. The van der Waals surface area contributed by atoms with Crippen LogP contribution in [0.4, 0.5) is 0 Å². The van der Waals surface area contributed by atoms with E-state index in [4.69, 9.17) is 21.1 Å². The number of amides is 1. The summed E-state index contributed by atoms with van der Waals surface area (Å²) in [5, 5.41) is 1.38. The monoisotopic (exact) mass is 475 g/mol. The van der Waals surface area contributed by atoms with E-state index in [0.717, 1.165) is 28.5 Å². The maximum Gasteiger partial charge on any atom is 0.256 e. The van der Waals surface area contributed by atoms with Crippen LogP contribution in [0.25, 0.3) is 10.9 Å². The Kier molecular flexibility index (Phi) is 7.28. The van der Waals surface area contributed by atoms with Crippen LogP contribution in [0, 0.1) is 0 Å². The molecule has 1 amide bonds. The number of aryl methyl sites for hydroxylation is 1. The van der Waals surface area contributed by atoms with Crippen LogP contribution in [0.15, 0.2) is 67.0 Å². The molecule has 2 heterocycles. The first kappa shape index (κ1) is 23.5.